The monoisotopic (exact) mass is 418 g/mol. The van der Waals surface area contributed by atoms with E-state index in [1.54, 1.807) is 0 Å². The third-order valence-corrected chi connectivity index (χ3v) is 4.33. The van der Waals surface area contributed by atoms with Gasteiger partial charge >= 0.3 is 11.9 Å². The molecule has 0 aliphatic carbocycles. The number of nitrogens with one attached hydrogen (secondary N) is 2. The minimum Gasteiger partial charge on any atom is -0.383 e. The Kier molecular flexibility index (Phi) is 6.70. The maximum absolute atomic E-state index is 13.3. The van der Waals surface area contributed by atoms with Gasteiger partial charge in [-0.25, -0.2) is 9.37 Å². The number of hydrogen-bond donors (Lipinski definition) is 3. The molecular weight excluding hydrogens is 400 g/mol. The van der Waals surface area contributed by atoms with Crippen molar-refractivity contribution in [2.45, 2.75) is 31.0 Å². The molecule has 11 heteroatoms. The average molecular weight is 418 g/mol. The number of benzene rings is 1. The highest BCUT2D eigenvalue weighted by Gasteiger charge is 2.34. The minimum atomic E-state index is -4.73. The molecule has 0 spiro atoms. The van der Waals surface area contributed by atoms with E-state index in [1.165, 1.54) is 18.2 Å². The zero-order valence-electron chi connectivity index (χ0n) is 14.9. The van der Waals surface area contributed by atoms with Crippen molar-refractivity contribution in [3.8, 4) is 0 Å². The number of nitrogens with zero attached hydrogens (tertiary/aromatic N) is 2. The summed E-state index contributed by atoms with van der Waals surface area (Å²) in [5, 5.41) is 17.1. The molecule has 152 valence electrons. The van der Waals surface area contributed by atoms with Gasteiger partial charge in [-0.15, -0.1) is 12.6 Å². The molecule has 28 heavy (non-hydrogen) atoms. The first kappa shape index (κ1) is 21.7. The Hall–Kier alpha value is -2.56. The molecule has 1 atom stereocenters. The molecule has 0 radical (unpaired) electrons. The number of alkyl halides is 3. The van der Waals surface area contributed by atoms with E-state index in [1.807, 2.05) is 13.8 Å². The number of hydrogen-bond acceptors (Lipinski definition) is 6. The van der Waals surface area contributed by atoms with Crippen LogP contribution in [0.2, 0.25) is 0 Å². The third kappa shape index (κ3) is 5.47. The Labute approximate surface area is 163 Å². The predicted molar refractivity (Wildman–Crippen MR) is 100 cm³/mol. The third-order valence-electron chi connectivity index (χ3n) is 3.99. The molecule has 0 fully saturated rings. The Morgan fingerprint density at radius 2 is 1.96 bits per heavy atom. The van der Waals surface area contributed by atoms with Gasteiger partial charge in [0, 0.05) is 35.4 Å². The zero-order chi connectivity index (χ0) is 21.1. The fourth-order valence-corrected chi connectivity index (χ4v) is 2.55. The van der Waals surface area contributed by atoms with Crippen molar-refractivity contribution >= 4 is 29.8 Å². The van der Waals surface area contributed by atoms with E-state index in [2.05, 4.69) is 28.2 Å². The Bertz CT molecular complexity index is 862. The first-order valence-corrected chi connectivity index (χ1v) is 8.64. The van der Waals surface area contributed by atoms with Crippen LogP contribution < -0.4 is 10.6 Å². The van der Waals surface area contributed by atoms with Crippen LogP contribution in [0.1, 0.15) is 19.4 Å². The normalized spacial score (nSPS) is 12.7. The smallest absolute Gasteiger partial charge is 0.383 e. The van der Waals surface area contributed by atoms with Gasteiger partial charge in [-0.3, -0.25) is 10.1 Å². The lowest BCUT2D eigenvalue weighted by Crippen LogP contribution is -2.34. The largest absolute Gasteiger partial charge is 0.418 e. The van der Waals surface area contributed by atoms with Crippen LogP contribution in [0.15, 0.2) is 35.4 Å². The van der Waals surface area contributed by atoms with E-state index in [4.69, 9.17) is 0 Å². The number of pyridine rings is 1. The van der Waals surface area contributed by atoms with E-state index in [-0.39, 0.29) is 23.2 Å². The molecule has 0 aliphatic heterocycles. The van der Waals surface area contributed by atoms with E-state index in [9.17, 15) is 27.7 Å². The molecule has 0 saturated carbocycles. The van der Waals surface area contributed by atoms with Crippen LogP contribution in [0, 0.1) is 21.8 Å². The van der Waals surface area contributed by atoms with Gasteiger partial charge in [-0.05, 0) is 24.1 Å². The lowest BCUT2D eigenvalue weighted by Gasteiger charge is -2.24. The first-order valence-electron chi connectivity index (χ1n) is 8.19. The number of aromatic nitrogens is 1. The van der Waals surface area contributed by atoms with Gasteiger partial charge in [-0.1, -0.05) is 13.8 Å². The van der Waals surface area contributed by atoms with Gasteiger partial charge in [0.2, 0.25) is 5.82 Å². The van der Waals surface area contributed by atoms with Crippen LogP contribution in [0.25, 0.3) is 0 Å². The SMILES string of the molecule is CC(C)[C@H](CNc1ccc(F)c(S)c1)Nc1ncc(C(F)(F)F)cc1[N+](=O)[O-]. The van der Waals surface area contributed by atoms with Gasteiger partial charge in [-0.2, -0.15) is 13.2 Å². The van der Waals surface area contributed by atoms with Crippen molar-refractivity contribution in [2.75, 3.05) is 17.2 Å². The van der Waals surface area contributed by atoms with Crippen LogP contribution in [0.4, 0.5) is 34.8 Å². The highest BCUT2D eigenvalue weighted by Crippen LogP contribution is 2.34. The minimum absolute atomic E-state index is 0.0490. The number of thiol groups is 1. The lowest BCUT2D eigenvalue weighted by atomic mass is 10.0. The summed E-state index contributed by atoms with van der Waals surface area (Å²) in [5.41, 5.74) is -1.38. The molecule has 1 aromatic heterocycles. The number of anilines is 2. The van der Waals surface area contributed by atoms with Gasteiger partial charge in [0.15, 0.2) is 0 Å². The maximum atomic E-state index is 13.3. The highest BCUT2D eigenvalue weighted by atomic mass is 32.1. The fraction of sp³-hybridized carbons (Fsp3) is 0.353. The molecule has 0 saturated heterocycles. The average Bonchev–Trinajstić information content (AvgIpc) is 2.60. The van der Waals surface area contributed by atoms with Crippen LogP contribution in [-0.2, 0) is 6.18 Å². The first-order chi connectivity index (χ1) is 13.0. The topological polar surface area (TPSA) is 80.1 Å². The summed E-state index contributed by atoms with van der Waals surface area (Å²) in [6.45, 7) is 3.93. The van der Waals surface area contributed by atoms with Crippen LogP contribution in [0.3, 0.4) is 0 Å². The Morgan fingerprint density at radius 3 is 2.50 bits per heavy atom. The van der Waals surface area contributed by atoms with E-state index in [0.717, 1.165) is 0 Å². The van der Waals surface area contributed by atoms with E-state index in [0.29, 0.717) is 18.0 Å². The zero-order valence-corrected chi connectivity index (χ0v) is 15.8. The van der Waals surface area contributed by atoms with Gasteiger partial charge in [0.1, 0.15) is 5.82 Å². The van der Waals surface area contributed by atoms with E-state index < -0.39 is 34.2 Å². The Balaban J connectivity index is 2.21. The summed E-state index contributed by atoms with van der Waals surface area (Å²) in [4.78, 5) is 14.0. The Morgan fingerprint density at radius 1 is 1.29 bits per heavy atom. The second-order valence-corrected chi connectivity index (χ2v) is 6.87. The van der Waals surface area contributed by atoms with Gasteiger partial charge in [0.25, 0.3) is 0 Å². The lowest BCUT2D eigenvalue weighted by molar-refractivity contribution is -0.384. The predicted octanol–water partition coefficient (Wildman–Crippen LogP) is 4.99. The molecule has 0 aliphatic rings. The molecule has 1 heterocycles. The summed E-state index contributed by atoms with van der Waals surface area (Å²) >= 11 is 3.99. The van der Waals surface area contributed by atoms with Crippen LogP contribution >= 0.6 is 12.6 Å². The summed E-state index contributed by atoms with van der Waals surface area (Å²) < 4.78 is 51.7. The number of rotatable bonds is 7. The van der Waals surface area contributed by atoms with Crippen LogP contribution in [-0.4, -0.2) is 22.5 Å². The molecule has 0 bridgehead atoms. The number of halogens is 4. The van der Waals surface area contributed by atoms with Crippen molar-refractivity contribution in [1.82, 2.24) is 4.98 Å². The van der Waals surface area contributed by atoms with Crippen molar-refractivity contribution in [3.05, 3.63) is 52.0 Å². The number of nitro groups is 1. The standard InChI is InChI=1S/C17H18F4N4O2S/c1-9(2)13(8-22-11-3-4-12(18)15(28)6-11)24-16-14(25(26)27)5-10(7-23-16)17(19,20)21/h3-7,9,13,22,28H,8H2,1-2H3,(H,23,24)/t13-/m0/s1. The molecular formula is C17H18F4N4O2S. The summed E-state index contributed by atoms with van der Waals surface area (Å²) in [5.74, 6) is -0.781. The second kappa shape index (κ2) is 8.63. The molecule has 0 unspecified atom stereocenters. The van der Waals surface area contributed by atoms with Crippen molar-refractivity contribution in [2.24, 2.45) is 5.92 Å². The molecule has 2 N–H and O–H groups in total. The summed E-state index contributed by atoms with van der Waals surface area (Å²) in [7, 11) is 0. The van der Waals surface area contributed by atoms with Crippen molar-refractivity contribution in [3.63, 3.8) is 0 Å². The highest BCUT2D eigenvalue weighted by molar-refractivity contribution is 7.80. The molecule has 6 nitrogen and oxygen atoms in total. The molecule has 2 aromatic rings. The maximum Gasteiger partial charge on any atom is 0.418 e. The van der Waals surface area contributed by atoms with Crippen molar-refractivity contribution in [1.29, 1.82) is 0 Å². The van der Waals surface area contributed by atoms with Gasteiger partial charge < -0.3 is 10.6 Å². The summed E-state index contributed by atoms with van der Waals surface area (Å²) in [6.07, 6.45) is -4.18. The van der Waals surface area contributed by atoms with E-state index >= 15 is 0 Å². The van der Waals surface area contributed by atoms with Crippen LogP contribution in [0.5, 0.6) is 0 Å². The summed E-state index contributed by atoms with van der Waals surface area (Å²) in [6, 6.07) is 4.27. The second-order valence-electron chi connectivity index (χ2n) is 6.39. The molecule has 1 aromatic carbocycles. The molecule has 2 rings (SSSR count). The van der Waals surface area contributed by atoms with Gasteiger partial charge in [0.05, 0.1) is 10.5 Å². The van der Waals surface area contributed by atoms with Crippen molar-refractivity contribution < 1.29 is 22.5 Å². The molecule has 0 amide bonds. The quantitative estimate of drug-likeness (QED) is 0.256. The fourth-order valence-electron chi connectivity index (χ4n) is 2.34.